The first-order valence-corrected chi connectivity index (χ1v) is 10.4. The van der Waals surface area contributed by atoms with Crippen molar-refractivity contribution in [2.75, 3.05) is 0 Å². The third-order valence-electron chi connectivity index (χ3n) is 5.00. The van der Waals surface area contributed by atoms with E-state index >= 15 is 0 Å². The van der Waals surface area contributed by atoms with Crippen molar-refractivity contribution in [3.63, 3.8) is 0 Å². The van der Waals surface area contributed by atoms with Gasteiger partial charge in [0.1, 0.15) is 0 Å². The van der Waals surface area contributed by atoms with Crippen LogP contribution in [0, 0.1) is 0 Å². The highest BCUT2D eigenvalue weighted by Gasteiger charge is 2.12. The molecular formula is C27H18ClN3. The molecule has 5 aromatic rings. The van der Waals surface area contributed by atoms with E-state index < -0.39 is 0 Å². The van der Waals surface area contributed by atoms with Gasteiger partial charge < -0.3 is 0 Å². The molecule has 148 valence electrons. The molecule has 5 rings (SSSR count). The Morgan fingerprint density at radius 3 is 1.29 bits per heavy atom. The summed E-state index contributed by atoms with van der Waals surface area (Å²) in [6, 6.07) is 36.0. The molecule has 4 heteroatoms. The summed E-state index contributed by atoms with van der Waals surface area (Å²) >= 11 is 6.15. The lowest BCUT2D eigenvalue weighted by Crippen LogP contribution is -2.00. The lowest BCUT2D eigenvalue weighted by molar-refractivity contribution is 1.07. The number of nitrogens with zero attached hydrogens (tertiary/aromatic N) is 3. The first kappa shape index (κ1) is 19.2. The van der Waals surface area contributed by atoms with Gasteiger partial charge in [-0.1, -0.05) is 109 Å². The van der Waals surface area contributed by atoms with Crippen LogP contribution in [0.3, 0.4) is 0 Å². The maximum absolute atomic E-state index is 6.15. The molecule has 1 heterocycles. The zero-order valence-corrected chi connectivity index (χ0v) is 17.4. The average Bonchev–Trinajstić information content (AvgIpc) is 2.85. The molecule has 0 aliphatic rings. The third kappa shape index (κ3) is 4.23. The molecular weight excluding hydrogens is 402 g/mol. The predicted molar refractivity (Wildman–Crippen MR) is 127 cm³/mol. The normalized spacial score (nSPS) is 10.7. The number of hydrogen-bond donors (Lipinski definition) is 0. The SMILES string of the molecule is Clc1cccc(-c2ccc(-c3nc(-c4ccccc4)nc(-c4ccccc4)n3)cc2)c1. The topological polar surface area (TPSA) is 38.7 Å². The van der Waals surface area contributed by atoms with Gasteiger partial charge in [0.15, 0.2) is 17.5 Å². The molecule has 0 fully saturated rings. The zero-order valence-electron chi connectivity index (χ0n) is 16.6. The van der Waals surface area contributed by atoms with E-state index in [0.29, 0.717) is 17.5 Å². The van der Waals surface area contributed by atoms with E-state index in [1.807, 2.05) is 97.1 Å². The van der Waals surface area contributed by atoms with E-state index in [9.17, 15) is 0 Å². The van der Waals surface area contributed by atoms with Gasteiger partial charge in [0, 0.05) is 21.7 Å². The maximum Gasteiger partial charge on any atom is 0.164 e. The Hall–Kier alpha value is -3.82. The molecule has 31 heavy (non-hydrogen) atoms. The van der Waals surface area contributed by atoms with E-state index in [2.05, 4.69) is 12.1 Å². The fourth-order valence-corrected chi connectivity index (χ4v) is 3.61. The Morgan fingerprint density at radius 1 is 0.387 bits per heavy atom. The van der Waals surface area contributed by atoms with Crippen molar-refractivity contribution in [1.29, 1.82) is 0 Å². The standard InChI is InChI=1S/C27H18ClN3/c28-24-13-7-12-23(18-24)19-14-16-22(17-15-19)27-30-25(20-8-3-1-4-9-20)29-26(31-27)21-10-5-2-6-11-21/h1-18H. The molecule has 4 aromatic carbocycles. The second-order valence-electron chi connectivity index (χ2n) is 7.13. The Bertz CT molecular complexity index is 1260. The second kappa shape index (κ2) is 8.50. The van der Waals surface area contributed by atoms with Gasteiger partial charge in [-0.3, -0.25) is 0 Å². The van der Waals surface area contributed by atoms with Gasteiger partial charge >= 0.3 is 0 Å². The van der Waals surface area contributed by atoms with Gasteiger partial charge in [-0.2, -0.15) is 0 Å². The largest absolute Gasteiger partial charge is 0.208 e. The van der Waals surface area contributed by atoms with E-state index in [1.54, 1.807) is 0 Å². The van der Waals surface area contributed by atoms with Crippen molar-refractivity contribution in [2.45, 2.75) is 0 Å². The van der Waals surface area contributed by atoms with E-state index in [4.69, 9.17) is 26.6 Å². The molecule has 0 saturated heterocycles. The fourth-order valence-electron chi connectivity index (χ4n) is 3.42. The number of benzene rings is 4. The van der Waals surface area contributed by atoms with Crippen LogP contribution in [-0.4, -0.2) is 15.0 Å². The summed E-state index contributed by atoms with van der Waals surface area (Å²) in [6.07, 6.45) is 0. The molecule has 0 bridgehead atoms. The fraction of sp³-hybridized carbons (Fsp3) is 0. The van der Waals surface area contributed by atoms with Crippen molar-refractivity contribution < 1.29 is 0 Å². The van der Waals surface area contributed by atoms with Crippen LogP contribution in [0.2, 0.25) is 5.02 Å². The van der Waals surface area contributed by atoms with Crippen LogP contribution in [0.25, 0.3) is 45.3 Å². The van der Waals surface area contributed by atoms with Crippen molar-refractivity contribution in [2.24, 2.45) is 0 Å². The van der Waals surface area contributed by atoms with E-state index in [1.165, 1.54) is 0 Å². The number of rotatable bonds is 4. The van der Waals surface area contributed by atoms with Gasteiger partial charge in [-0.25, -0.2) is 15.0 Å². The van der Waals surface area contributed by atoms with Gasteiger partial charge in [-0.15, -0.1) is 0 Å². The minimum absolute atomic E-state index is 0.644. The van der Waals surface area contributed by atoms with Gasteiger partial charge in [0.25, 0.3) is 0 Å². The second-order valence-corrected chi connectivity index (χ2v) is 7.56. The van der Waals surface area contributed by atoms with Crippen LogP contribution < -0.4 is 0 Å². The lowest BCUT2D eigenvalue weighted by atomic mass is 10.0. The van der Waals surface area contributed by atoms with Crippen molar-refractivity contribution >= 4 is 11.6 Å². The Labute approximate surface area is 186 Å². The van der Waals surface area contributed by atoms with Crippen LogP contribution in [0.4, 0.5) is 0 Å². The minimum Gasteiger partial charge on any atom is -0.208 e. The van der Waals surface area contributed by atoms with Crippen LogP contribution in [-0.2, 0) is 0 Å². The van der Waals surface area contributed by atoms with Crippen LogP contribution >= 0.6 is 11.6 Å². The molecule has 0 aliphatic carbocycles. The number of halogens is 1. The predicted octanol–water partition coefficient (Wildman–Crippen LogP) is 7.19. The molecule has 1 aromatic heterocycles. The smallest absolute Gasteiger partial charge is 0.164 e. The van der Waals surface area contributed by atoms with Gasteiger partial charge in [0.05, 0.1) is 0 Å². The highest BCUT2D eigenvalue weighted by Crippen LogP contribution is 2.27. The van der Waals surface area contributed by atoms with Crippen LogP contribution in [0.1, 0.15) is 0 Å². The molecule has 0 saturated carbocycles. The Kier molecular flexibility index (Phi) is 5.26. The lowest BCUT2D eigenvalue weighted by Gasteiger charge is -2.09. The Balaban J connectivity index is 1.59. The summed E-state index contributed by atoms with van der Waals surface area (Å²) in [6.45, 7) is 0. The summed E-state index contributed by atoms with van der Waals surface area (Å²) in [4.78, 5) is 14.3. The van der Waals surface area contributed by atoms with E-state index in [-0.39, 0.29) is 0 Å². The summed E-state index contributed by atoms with van der Waals surface area (Å²) in [5.74, 6) is 1.96. The van der Waals surface area contributed by atoms with Crippen LogP contribution in [0.5, 0.6) is 0 Å². The first-order chi connectivity index (χ1) is 15.3. The highest BCUT2D eigenvalue weighted by atomic mass is 35.5. The highest BCUT2D eigenvalue weighted by molar-refractivity contribution is 6.30. The molecule has 0 spiro atoms. The maximum atomic E-state index is 6.15. The summed E-state index contributed by atoms with van der Waals surface area (Å²) in [7, 11) is 0. The molecule has 0 amide bonds. The zero-order chi connectivity index (χ0) is 21.0. The molecule has 0 aliphatic heterocycles. The van der Waals surface area contributed by atoms with Crippen LogP contribution in [0.15, 0.2) is 109 Å². The third-order valence-corrected chi connectivity index (χ3v) is 5.24. The molecule has 3 nitrogen and oxygen atoms in total. The van der Waals surface area contributed by atoms with Crippen molar-refractivity contribution in [3.05, 3.63) is 114 Å². The summed E-state index contributed by atoms with van der Waals surface area (Å²) < 4.78 is 0. The minimum atomic E-state index is 0.644. The van der Waals surface area contributed by atoms with Gasteiger partial charge in [-0.05, 0) is 23.3 Å². The average molecular weight is 420 g/mol. The molecule has 0 N–H and O–H groups in total. The monoisotopic (exact) mass is 419 g/mol. The molecule has 0 unspecified atom stereocenters. The van der Waals surface area contributed by atoms with Crippen molar-refractivity contribution in [3.8, 4) is 45.3 Å². The molecule has 0 atom stereocenters. The summed E-state index contributed by atoms with van der Waals surface area (Å²) in [5.41, 5.74) is 5.01. The Morgan fingerprint density at radius 2 is 0.806 bits per heavy atom. The van der Waals surface area contributed by atoms with Crippen molar-refractivity contribution in [1.82, 2.24) is 15.0 Å². The van der Waals surface area contributed by atoms with Gasteiger partial charge in [0.2, 0.25) is 0 Å². The van der Waals surface area contributed by atoms with E-state index in [0.717, 1.165) is 32.8 Å². The first-order valence-electron chi connectivity index (χ1n) is 9.99. The number of aromatic nitrogens is 3. The summed E-state index contributed by atoms with van der Waals surface area (Å²) in [5, 5.41) is 0.721. The number of hydrogen-bond acceptors (Lipinski definition) is 3. The molecule has 0 radical (unpaired) electrons. The quantitative estimate of drug-likeness (QED) is 0.309.